The number of nitrogens with zero attached hydrogens (tertiary/aromatic N) is 1. The Labute approximate surface area is 89.1 Å². The second-order valence-corrected chi connectivity index (χ2v) is 4.77. The van der Waals surface area contributed by atoms with Crippen LogP contribution < -0.4 is 5.32 Å². The van der Waals surface area contributed by atoms with Gasteiger partial charge >= 0.3 is 0 Å². The van der Waals surface area contributed by atoms with Crippen LogP contribution in [-0.4, -0.2) is 11.0 Å². The summed E-state index contributed by atoms with van der Waals surface area (Å²) in [6.45, 7) is 2.95. The van der Waals surface area contributed by atoms with E-state index in [4.69, 9.17) is 0 Å². The summed E-state index contributed by atoms with van der Waals surface area (Å²) in [5.41, 5.74) is 1.17. The maximum Gasteiger partial charge on any atom is 0.0897 e. The van der Waals surface area contributed by atoms with E-state index in [1.807, 2.05) is 0 Å². The molecular weight excluding hydrogens is 192 g/mol. The molecule has 1 aromatic rings. The standard InChI is InChI=1S/C11H16N2S/c1-9-13-11(8-14-9)7-12-10-5-3-2-4-6-10/h3,5,8,10,12H,2,4,6-7H2,1H3. The van der Waals surface area contributed by atoms with E-state index in [9.17, 15) is 0 Å². The molecule has 14 heavy (non-hydrogen) atoms. The topological polar surface area (TPSA) is 24.9 Å². The lowest BCUT2D eigenvalue weighted by atomic mass is 10.0. The number of aryl methyl sites for hydroxylation is 1. The number of allylic oxidation sites excluding steroid dienone is 1. The van der Waals surface area contributed by atoms with E-state index in [0.29, 0.717) is 6.04 Å². The van der Waals surface area contributed by atoms with Gasteiger partial charge in [0.15, 0.2) is 0 Å². The van der Waals surface area contributed by atoms with Crippen molar-refractivity contribution in [3.8, 4) is 0 Å². The van der Waals surface area contributed by atoms with Gasteiger partial charge < -0.3 is 5.32 Å². The summed E-state index contributed by atoms with van der Waals surface area (Å²) in [6, 6.07) is 0.561. The molecule has 1 aliphatic carbocycles. The summed E-state index contributed by atoms with van der Waals surface area (Å²) in [5.74, 6) is 0. The van der Waals surface area contributed by atoms with Crippen molar-refractivity contribution < 1.29 is 0 Å². The number of thiazole rings is 1. The Kier molecular flexibility index (Phi) is 3.32. The van der Waals surface area contributed by atoms with Crippen LogP contribution in [0.4, 0.5) is 0 Å². The SMILES string of the molecule is Cc1nc(CNC2C=CCCC2)cs1. The van der Waals surface area contributed by atoms with Crippen LogP contribution >= 0.6 is 11.3 Å². The molecule has 1 atom stereocenters. The first-order valence-corrected chi connectivity index (χ1v) is 6.03. The highest BCUT2D eigenvalue weighted by atomic mass is 32.1. The molecule has 2 rings (SSSR count). The highest BCUT2D eigenvalue weighted by molar-refractivity contribution is 7.09. The molecule has 1 unspecified atom stereocenters. The second kappa shape index (κ2) is 4.71. The quantitative estimate of drug-likeness (QED) is 0.772. The first-order chi connectivity index (χ1) is 6.84. The van der Waals surface area contributed by atoms with Gasteiger partial charge in [0.1, 0.15) is 0 Å². The van der Waals surface area contributed by atoms with Crippen LogP contribution in [0.25, 0.3) is 0 Å². The number of rotatable bonds is 3. The fourth-order valence-electron chi connectivity index (χ4n) is 1.71. The molecule has 0 radical (unpaired) electrons. The minimum atomic E-state index is 0.561. The van der Waals surface area contributed by atoms with Crippen LogP contribution in [0.1, 0.15) is 30.0 Å². The molecule has 0 aromatic carbocycles. The predicted molar refractivity (Wildman–Crippen MR) is 60.5 cm³/mol. The summed E-state index contributed by atoms with van der Waals surface area (Å²) in [6.07, 6.45) is 8.37. The Hall–Kier alpha value is -0.670. The average molecular weight is 208 g/mol. The smallest absolute Gasteiger partial charge is 0.0897 e. The first-order valence-electron chi connectivity index (χ1n) is 5.15. The van der Waals surface area contributed by atoms with Gasteiger partial charge in [-0.1, -0.05) is 12.2 Å². The molecular formula is C11H16N2S. The third-order valence-corrected chi connectivity index (χ3v) is 3.29. The Balaban J connectivity index is 1.82. The minimum absolute atomic E-state index is 0.561. The number of hydrogen-bond donors (Lipinski definition) is 1. The fourth-order valence-corrected chi connectivity index (χ4v) is 2.32. The summed E-state index contributed by atoms with van der Waals surface area (Å²) in [7, 11) is 0. The molecule has 0 amide bonds. The van der Waals surface area contributed by atoms with Crippen molar-refractivity contribution in [1.29, 1.82) is 0 Å². The summed E-state index contributed by atoms with van der Waals surface area (Å²) >= 11 is 1.72. The molecule has 1 N–H and O–H groups in total. The van der Waals surface area contributed by atoms with Crippen LogP contribution in [0, 0.1) is 6.92 Å². The first kappa shape index (κ1) is 9.87. The van der Waals surface area contributed by atoms with Crippen LogP contribution in [0.5, 0.6) is 0 Å². The average Bonchev–Trinajstić information content (AvgIpc) is 2.63. The maximum atomic E-state index is 4.43. The van der Waals surface area contributed by atoms with E-state index in [2.05, 4.69) is 34.8 Å². The lowest BCUT2D eigenvalue weighted by molar-refractivity contribution is 0.519. The largest absolute Gasteiger partial charge is 0.305 e. The lowest BCUT2D eigenvalue weighted by Crippen LogP contribution is -2.27. The van der Waals surface area contributed by atoms with E-state index in [-0.39, 0.29) is 0 Å². The van der Waals surface area contributed by atoms with E-state index in [0.717, 1.165) is 11.6 Å². The van der Waals surface area contributed by atoms with E-state index >= 15 is 0 Å². The normalized spacial score (nSPS) is 21.4. The van der Waals surface area contributed by atoms with Crippen LogP contribution in [0.3, 0.4) is 0 Å². The minimum Gasteiger partial charge on any atom is -0.305 e. The Morgan fingerprint density at radius 3 is 3.21 bits per heavy atom. The van der Waals surface area contributed by atoms with Crippen molar-refractivity contribution in [2.45, 2.75) is 38.8 Å². The van der Waals surface area contributed by atoms with Crippen LogP contribution in [-0.2, 0) is 6.54 Å². The molecule has 0 saturated carbocycles. The number of nitrogens with one attached hydrogen (secondary N) is 1. The highest BCUT2D eigenvalue weighted by Gasteiger charge is 2.07. The molecule has 0 fully saturated rings. The Bertz CT molecular complexity index is 317. The molecule has 1 heterocycles. The fraction of sp³-hybridized carbons (Fsp3) is 0.545. The Morgan fingerprint density at radius 1 is 1.64 bits per heavy atom. The van der Waals surface area contributed by atoms with Crippen molar-refractivity contribution in [2.24, 2.45) is 0 Å². The van der Waals surface area contributed by atoms with Gasteiger partial charge in [-0.2, -0.15) is 0 Å². The lowest BCUT2D eigenvalue weighted by Gasteiger charge is -2.17. The van der Waals surface area contributed by atoms with E-state index in [1.165, 1.54) is 25.0 Å². The predicted octanol–water partition coefficient (Wildman–Crippen LogP) is 2.65. The molecule has 2 nitrogen and oxygen atoms in total. The van der Waals surface area contributed by atoms with Gasteiger partial charge in [0.25, 0.3) is 0 Å². The molecule has 1 aromatic heterocycles. The number of aromatic nitrogens is 1. The van der Waals surface area contributed by atoms with Crippen LogP contribution in [0.15, 0.2) is 17.5 Å². The van der Waals surface area contributed by atoms with Crippen molar-refractivity contribution in [3.63, 3.8) is 0 Å². The number of hydrogen-bond acceptors (Lipinski definition) is 3. The summed E-state index contributed by atoms with van der Waals surface area (Å²) < 4.78 is 0. The maximum absolute atomic E-state index is 4.43. The van der Waals surface area contributed by atoms with Gasteiger partial charge in [-0.3, -0.25) is 0 Å². The molecule has 0 bridgehead atoms. The molecule has 0 saturated heterocycles. The van der Waals surface area contributed by atoms with Gasteiger partial charge in [0.2, 0.25) is 0 Å². The van der Waals surface area contributed by atoms with Gasteiger partial charge in [-0.25, -0.2) is 4.98 Å². The van der Waals surface area contributed by atoms with Crippen molar-refractivity contribution in [1.82, 2.24) is 10.3 Å². The monoisotopic (exact) mass is 208 g/mol. The molecule has 1 aliphatic rings. The zero-order valence-electron chi connectivity index (χ0n) is 8.49. The van der Waals surface area contributed by atoms with E-state index < -0.39 is 0 Å². The van der Waals surface area contributed by atoms with E-state index in [1.54, 1.807) is 11.3 Å². The second-order valence-electron chi connectivity index (χ2n) is 3.70. The van der Waals surface area contributed by atoms with Crippen molar-refractivity contribution in [2.75, 3.05) is 0 Å². The van der Waals surface area contributed by atoms with Gasteiger partial charge in [-0.05, 0) is 26.2 Å². The van der Waals surface area contributed by atoms with Crippen molar-refractivity contribution in [3.05, 3.63) is 28.2 Å². The molecule has 0 aliphatic heterocycles. The Morgan fingerprint density at radius 2 is 2.57 bits per heavy atom. The third-order valence-electron chi connectivity index (χ3n) is 2.47. The molecule has 0 spiro atoms. The van der Waals surface area contributed by atoms with Crippen molar-refractivity contribution >= 4 is 11.3 Å². The van der Waals surface area contributed by atoms with Gasteiger partial charge in [0, 0.05) is 18.0 Å². The highest BCUT2D eigenvalue weighted by Crippen LogP contribution is 2.12. The van der Waals surface area contributed by atoms with Gasteiger partial charge in [0.05, 0.1) is 10.7 Å². The summed E-state index contributed by atoms with van der Waals surface area (Å²) in [4.78, 5) is 4.43. The molecule has 76 valence electrons. The molecule has 3 heteroatoms. The zero-order valence-corrected chi connectivity index (χ0v) is 9.31. The third kappa shape index (κ3) is 2.66. The zero-order chi connectivity index (χ0) is 9.80. The summed E-state index contributed by atoms with van der Waals surface area (Å²) in [5, 5.41) is 6.80. The van der Waals surface area contributed by atoms with Crippen LogP contribution in [0.2, 0.25) is 0 Å². The van der Waals surface area contributed by atoms with Gasteiger partial charge in [-0.15, -0.1) is 11.3 Å².